The van der Waals surface area contributed by atoms with Crippen molar-refractivity contribution in [3.8, 4) is 11.5 Å². The second kappa shape index (κ2) is 14.6. The van der Waals surface area contributed by atoms with Gasteiger partial charge in [-0.05, 0) is 62.6 Å². The highest BCUT2D eigenvalue weighted by Crippen LogP contribution is 2.25. The van der Waals surface area contributed by atoms with E-state index < -0.39 is 0 Å². The molecule has 0 spiro atoms. The highest BCUT2D eigenvalue weighted by atomic mass is 16.3. The number of aromatic hydroxyl groups is 2. The number of aryl methyl sites for hydroxylation is 1. The van der Waals surface area contributed by atoms with Gasteiger partial charge in [-0.1, -0.05) is 69.4 Å². The van der Waals surface area contributed by atoms with Crippen LogP contribution >= 0.6 is 0 Å². The highest BCUT2D eigenvalue weighted by Gasteiger charge is 2.00. The van der Waals surface area contributed by atoms with E-state index in [4.69, 9.17) is 0 Å². The van der Waals surface area contributed by atoms with Gasteiger partial charge in [0.25, 0.3) is 0 Å². The first-order valence-electron chi connectivity index (χ1n) is 10.0. The highest BCUT2D eigenvalue weighted by molar-refractivity contribution is 5.40. The van der Waals surface area contributed by atoms with E-state index in [2.05, 4.69) is 31.2 Å². The maximum Gasteiger partial charge on any atom is 0.157 e. The molecule has 0 amide bonds. The summed E-state index contributed by atoms with van der Waals surface area (Å²) in [6.07, 6.45) is 23.8. The van der Waals surface area contributed by atoms with Crippen molar-refractivity contribution >= 4 is 0 Å². The second-order valence-electron chi connectivity index (χ2n) is 6.80. The Balaban J connectivity index is 1.91. The van der Waals surface area contributed by atoms with Gasteiger partial charge >= 0.3 is 0 Å². The minimum absolute atomic E-state index is 0.0138. The lowest BCUT2D eigenvalue weighted by molar-refractivity contribution is 0.403. The number of phenolic OH excluding ortho intramolecular Hbond substituents is 2. The molecule has 2 N–H and O–H groups in total. The summed E-state index contributed by atoms with van der Waals surface area (Å²) in [5, 5.41) is 18.8. The fourth-order valence-corrected chi connectivity index (χ4v) is 2.87. The molecule has 0 aliphatic carbocycles. The Kier molecular flexibility index (Phi) is 12.5. The van der Waals surface area contributed by atoms with Crippen LogP contribution in [0.25, 0.3) is 0 Å². The molecule has 0 aromatic heterocycles. The molecule has 2 heteroatoms. The molecule has 1 aromatic rings. The van der Waals surface area contributed by atoms with Gasteiger partial charge in [-0.15, -0.1) is 0 Å². The van der Waals surface area contributed by atoms with Gasteiger partial charge in [-0.2, -0.15) is 0 Å². The zero-order chi connectivity index (χ0) is 18.2. The fourth-order valence-electron chi connectivity index (χ4n) is 2.87. The molecule has 0 radical (unpaired) electrons. The molecule has 0 unspecified atom stereocenters. The zero-order valence-corrected chi connectivity index (χ0v) is 15.9. The van der Waals surface area contributed by atoms with Crippen LogP contribution in [-0.2, 0) is 6.42 Å². The van der Waals surface area contributed by atoms with Gasteiger partial charge in [0.2, 0.25) is 0 Å². The summed E-state index contributed by atoms with van der Waals surface area (Å²) >= 11 is 0. The average Bonchev–Trinajstić information content (AvgIpc) is 2.61. The van der Waals surface area contributed by atoms with Gasteiger partial charge < -0.3 is 10.2 Å². The van der Waals surface area contributed by atoms with Crippen molar-refractivity contribution in [2.24, 2.45) is 0 Å². The van der Waals surface area contributed by atoms with Crippen LogP contribution in [0.2, 0.25) is 0 Å². The molecule has 0 atom stereocenters. The van der Waals surface area contributed by atoms with E-state index in [-0.39, 0.29) is 11.5 Å². The van der Waals surface area contributed by atoms with E-state index in [9.17, 15) is 10.2 Å². The van der Waals surface area contributed by atoms with Gasteiger partial charge in [0.1, 0.15) is 0 Å². The predicted octanol–water partition coefficient (Wildman–Crippen LogP) is 7.06. The summed E-state index contributed by atoms with van der Waals surface area (Å²) in [4.78, 5) is 0. The van der Waals surface area contributed by atoms with Gasteiger partial charge in [-0.3, -0.25) is 0 Å². The van der Waals surface area contributed by atoms with Gasteiger partial charge in [0, 0.05) is 0 Å². The summed E-state index contributed by atoms with van der Waals surface area (Å²) in [5.41, 5.74) is 1.10. The zero-order valence-electron chi connectivity index (χ0n) is 15.9. The van der Waals surface area contributed by atoms with Crippen LogP contribution < -0.4 is 0 Å². The molecule has 0 aliphatic heterocycles. The van der Waals surface area contributed by atoms with Crippen molar-refractivity contribution in [2.75, 3.05) is 0 Å². The third kappa shape index (κ3) is 11.5. The lowest BCUT2D eigenvalue weighted by Crippen LogP contribution is -1.86. The minimum atomic E-state index is -0.0382. The molecule has 25 heavy (non-hydrogen) atoms. The van der Waals surface area contributed by atoms with E-state index in [0.717, 1.165) is 24.8 Å². The molecule has 0 saturated heterocycles. The Hall–Kier alpha value is -1.70. The van der Waals surface area contributed by atoms with Crippen molar-refractivity contribution in [1.82, 2.24) is 0 Å². The summed E-state index contributed by atoms with van der Waals surface area (Å²) in [5.74, 6) is -0.0520. The summed E-state index contributed by atoms with van der Waals surface area (Å²) in [7, 11) is 0. The summed E-state index contributed by atoms with van der Waals surface area (Å²) in [6, 6.07) is 5.12. The molecule has 140 valence electrons. The molecule has 1 aromatic carbocycles. The van der Waals surface area contributed by atoms with Gasteiger partial charge in [0.05, 0.1) is 0 Å². The first-order chi connectivity index (χ1) is 12.2. The summed E-state index contributed by atoms with van der Waals surface area (Å²) < 4.78 is 0. The van der Waals surface area contributed by atoms with Crippen LogP contribution in [-0.4, -0.2) is 10.2 Å². The summed E-state index contributed by atoms with van der Waals surface area (Å²) in [6.45, 7) is 2.24. The molecular formula is C23H36O2. The normalized spacial score (nSPS) is 11.7. The Bertz CT molecular complexity index is 503. The maximum absolute atomic E-state index is 9.47. The lowest BCUT2D eigenvalue weighted by atomic mass is 10.0. The Morgan fingerprint density at radius 2 is 1.36 bits per heavy atom. The molecule has 2 nitrogen and oxygen atoms in total. The third-order valence-corrected chi connectivity index (χ3v) is 4.46. The van der Waals surface area contributed by atoms with Gasteiger partial charge in [-0.25, -0.2) is 0 Å². The lowest BCUT2D eigenvalue weighted by Gasteiger charge is -2.04. The standard InChI is InChI=1S/C23H36O2/c1-2-3-4-5-6-7-8-9-10-11-12-13-14-15-16-17-21-18-19-22(24)23(25)20-21/h6-7,9-10,18-20,24-25H,2-5,8,11-17H2,1H3/b7-6-,10-9-. The SMILES string of the molecule is CCCCC/C=C\C/C=C\CCCCCCCc1ccc(O)c(O)c1. The topological polar surface area (TPSA) is 40.5 Å². The number of benzene rings is 1. The molecule has 0 fully saturated rings. The van der Waals surface area contributed by atoms with Crippen molar-refractivity contribution in [3.63, 3.8) is 0 Å². The van der Waals surface area contributed by atoms with Crippen molar-refractivity contribution in [1.29, 1.82) is 0 Å². The number of rotatable bonds is 14. The monoisotopic (exact) mass is 344 g/mol. The number of hydrogen-bond acceptors (Lipinski definition) is 2. The largest absolute Gasteiger partial charge is 0.504 e. The maximum atomic E-state index is 9.47. The van der Waals surface area contributed by atoms with E-state index >= 15 is 0 Å². The first kappa shape index (κ1) is 21.3. The van der Waals surface area contributed by atoms with E-state index in [1.807, 2.05) is 6.07 Å². The number of phenols is 2. The van der Waals surface area contributed by atoms with Gasteiger partial charge in [0.15, 0.2) is 11.5 Å². The van der Waals surface area contributed by atoms with E-state index in [1.165, 1.54) is 57.8 Å². The van der Waals surface area contributed by atoms with Crippen LogP contribution in [0.15, 0.2) is 42.5 Å². The molecule has 0 saturated carbocycles. The molecule has 0 heterocycles. The smallest absolute Gasteiger partial charge is 0.157 e. The Morgan fingerprint density at radius 1 is 0.720 bits per heavy atom. The van der Waals surface area contributed by atoms with Crippen LogP contribution in [0.5, 0.6) is 11.5 Å². The first-order valence-corrected chi connectivity index (χ1v) is 10.0. The Labute approximate surface area is 154 Å². The van der Waals surface area contributed by atoms with E-state index in [0.29, 0.717) is 0 Å². The average molecular weight is 345 g/mol. The van der Waals surface area contributed by atoms with Crippen LogP contribution in [0.3, 0.4) is 0 Å². The molecular weight excluding hydrogens is 308 g/mol. The number of allylic oxidation sites excluding steroid dienone is 4. The van der Waals surface area contributed by atoms with Crippen molar-refractivity contribution < 1.29 is 10.2 Å². The quantitative estimate of drug-likeness (QED) is 0.215. The number of hydrogen-bond donors (Lipinski definition) is 2. The third-order valence-electron chi connectivity index (χ3n) is 4.46. The van der Waals surface area contributed by atoms with Crippen molar-refractivity contribution in [2.45, 2.75) is 84.0 Å². The van der Waals surface area contributed by atoms with Crippen molar-refractivity contribution in [3.05, 3.63) is 48.1 Å². The predicted molar refractivity (Wildman–Crippen MR) is 108 cm³/mol. The molecule has 0 bridgehead atoms. The Morgan fingerprint density at radius 3 is 2.04 bits per heavy atom. The van der Waals surface area contributed by atoms with Crippen LogP contribution in [0.1, 0.15) is 83.1 Å². The molecule has 1 rings (SSSR count). The fraction of sp³-hybridized carbons (Fsp3) is 0.565. The van der Waals surface area contributed by atoms with E-state index in [1.54, 1.807) is 12.1 Å². The number of unbranched alkanes of at least 4 members (excludes halogenated alkanes) is 8. The van der Waals surface area contributed by atoms with Crippen LogP contribution in [0, 0.1) is 0 Å². The minimum Gasteiger partial charge on any atom is -0.504 e. The van der Waals surface area contributed by atoms with Crippen LogP contribution in [0.4, 0.5) is 0 Å². The molecule has 0 aliphatic rings. The second-order valence-corrected chi connectivity index (χ2v) is 6.80.